The van der Waals surface area contributed by atoms with Crippen LogP contribution in [0.3, 0.4) is 0 Å². The van der Waals surface area contributed by atoms with Crippen molar-refractivity contribution in [3.05, 3.63) is 0 Å². The lowest BCUT2D eigenvalue weighted by molar-refractivity contribution is -0.136. The first-order valence-corrected chi connectivity index (χ1v) is 8.84. The second kappa shape index (κ2) is 7.51. The fourth-order valence-electron chi connectivity index (χ4n) is 3.82. The predicted molar refractivity (Wildman–Crippen MR) is 89.4 cm³/mol. The second-order valence-electron chi connectivity index (χ2n) is 7.24. The van der Waals surface area contributed by atoms with Crippen molar-refractivity contribution in [2.45, 2.75) is 58.0 Å². The number of carbonyl (C=O) groups excluding carboxylic acids is 2. The molecule has 2 amide bonds. The van der Waals surface area contributed by atoms with E-state index in [0.29, 0.717) is 26.1 Å². The van der Waals surface area contributed by atoms with Gasteiger partial charge >= 0.3 is 5.97 Å². The van der Waals surface area contributed by atoms with Crippen molar-refractivity contribution in [2.24, 2.45) is 5.92 Å². The number of hydrogen-bond donors (Lipinski definition) is 2. The van der Waals surface area contributed by atoms with Crippen LogP contribution < -0.4 is 5.32 Å². The van der Waals surface area contributed by atoms with Gasteiger partial charge in [-0.3, -0.25) is 19.7 Å². The van der Waals surface area contributed by atoms with E-state index in [4.69, 9.17) is 5.11 Å². The minimum atomic E-state index is -0.900. The SMILES string of the molecule is CCC(CC)N1C[C@H](C(=O)N2CC[C@](C)(NCC(=O)O)C2)CC1=O. The number of nitrogens with one attached hydrogen (secondary N) is 1. The molecule has 0 radical (unpaired) electrons. The van der Waals surface area contributed by atoms with Crippen LogP contribution >= 0.6 is 0 Å². The quantitative estimate of drug-likeness (QED) is 0.712. The molecule has 0 saturated carbocycles. The summed E-state index contributed by atoms with van der Waals surface area (Å²) in [6.45, 7) is 7.59. The third-order valence-electron chi connectivity index (χ3n) is 5.34. The number of likely N-dealkylation sites (tertiary alicyclic amines) is 2. The molecule has 7 heteroatoms. The average molecular weight is 339 g/mol. The van der Waals surface area contributed by atoms with Gasteiger partial charge in [-0.05, 0) is 26.2 Å². The molecule has 0 unspecified atom stereocenters. The monoisotopic (exact) mass is 339 g/mol. The lowest BCUT2D eigenvalue weighted by atomic mass is 10.0. The van der Waals surface area contributed by atoms with E-state index in [-0.39, 0.29) is 35.9 Å². The van der Waals surface area contributed by atoms with Gasteiger partial charge < -0.3 is 14.9 Å². The standard InChI is InChI=1S/C17H29N3O4/c1-4-13(5-2)20-10-12(8-14(20)21)16(24)19-7-6-17(3,11-19)18-9-15(22)23/h12-13,18H,4-11H2,1-3H3,(H,22,23)/t12-,17+/m1/s1. The molecular weight excluding hydrogens is 310 g/mol. The van der Waals surface area contributed by atoms with Crippen LogP contribution in [0.15, 0.2) is 0 Å². The molecule has 2 heterocycles. The van der Waals surface area contributed by atoms with Gasteiger partial charge in [0.15, 0.2) is 0 Å². The lowest BCUT2D eigenvalue weighted by Gasteiger charge is -2.28. The molecule has 2 fully saturated rings. The van der Waals surface area contributed by atoms with E-state index in [0.717, 1.165) is 19.3 Å². The number of amides is 2. The first-order chi connectivity index (χ1) is 11.3. The topological polar surface area (TPSA) is 90.0 Å². The Morgan fingerprint density at radius 1 is 1.38 bits per heavy atom. The number of carboxylic acid groups (broad SMARTS) is 1. The summed E-state index contributed by atoms with van der Waals surface area (Å²) >= 11 is 0. The first-order valence-electron chi connectivity index (χ1n) is 8.84. The zero-order chi connectivity index (χ0) is 17.9. The zero-order valence-corrected chi connectivity index (χ0v) is 14.9. The minimum Gasteiger partial charge on any atom is -0.480 e. The molecule has 2 atom stereocenters. The largest absolute Gasteiger partial charge is 0.480 e. The van der Waals surface area contributed by atoms with Crippen LogP contribution in [0.25, 0.3) is 0 Å². The predicted octanol–water partition coefficient (Wildman–Crippen LogP) is 0.689. The average Bonchev–Trinajstić information content (AvgIpc) is 3.11. The summed E-state index contributed by atoms with van der Waals surface area (Å²) in [5.41, 5.74) is -0.369. The van der Waals surface area contributed by atoms with Gasteiger partial charge in [0.05, 0.1) is 12.5 Å². The zero-order valence-electron chi connectivity index (χ0n) is 14.9. The van der Waals surface area contributed by atoms with Gasteiger partial charge in [0.1, 0.15) is 0 Å². The summed E-state index contributed by atoms with van der Waals surface area (Å²) in [7, 11) is 0. The van der Waals surface area contributed by atoms with Crippen LogP contribution in [0.4, 0.5) is 0 Å². The summed E-state index contributed by atoms with van der Waals surface area (Å²) in [5.74, 6) is -1.06. The van der Waals surface area contributed by atoms with E-state index >= 15 is 0 Å². The summed E-state index contributed by atoms with van der Waals surface area (Å²) in [5, 5.41) is 11.8. The maximum atomic E-state index is 12.8. The van der Waals surface area contributed by atoms with Crippen molar-refractivity contribution in [2.75, 3.05) is 26.2 Å². The molecule has 0 spiro atoms. The lowest BCUT2D eigenvalue weighted by Crippen LogP contribution is -2.48. The van der Waals surface area contributed by atoms with Gasteiger partial charge in [-0.25, -0.2) is 0 Å². The molecule has 0 bridgehead atoms. The van der Waals surface area contributed by atoms with Gasteiger partial charge in [0.2, 0.25) is 11.8 Å². The third-order valence-corrected chi connectivity index (χ3v) is 5.34. The fraction of sp³-hybridized carbons (Fsp3) is 0.824. The maximum Gasteiger partial charge on any atom is 0.317 e. The van der Waals surface area contributed by atoms with Crippen molar-refractivity contribution >= 4 is 17.8 Å². The van der Waals surface area contributed by atoms with E-state index < -0.39 is 5.97 Å². The Morgan fingerprint density at radius 2 is 2.04 bits per heavy atom. The smallest absolute Gasteiger partial charge is 0.317 e. The highest BCUT2D eigenvalue weighted by atomic mass is 16.4. The summed E-state index contributed by atoms with van der Waals surface area (Å²) in [6.07, 6.45) is 2.84. The molecule has 0 aliphatic carbocycles. The summed E-state index contributed by atoms with van der Waals surface area (Å²) in [6, 6.07) is 0.219. The van der Waals surface area contributed by atoms with Gasteiger partial charge in [0.25, 0.3) is 0 Å². The fourth-order valence-corrected chi connectivity index (χ4v) is 3.82. The van der Waals surface area contributed by atoms with Crippen LogP contribution in [0.1, 0.15) is 46.5 Å². The highest BCUT2D eigenvalue weighted by Gasteiger charge is 2.42. The molecule has 2 N–H and O–H groups in total. The maximum absolute atomic E-state index is 12.8. The van der Waals surface area contributed by atoms with Crippen molar-refractivity contribution in [3.8, 4) is 0 Å². The first kappa shape index (κ1) is 18.7. The second-order valence-corrected chi connectivity index (χ2v) is 7.24. The number of nitrogens with zero attached hydrogens (tertiary/aromatic N) is 2. The molecule has 24 heavy (non-hydrogen) atoms. The van der Waals surface area contributed by atoms with Crippen molar-refractivity contribution in [1.29, 1.82) is 0 Å². The molecule has 0 aromatic carbocycles. The Balaban J connectivity index is 1.93. The van der Waals surface area contributed by atoms with Crippen LogP contribution in [-0.2, 0) is 14.4 Å². The molecule has 2 saturated heterocycles. The molecule has 2 rings (SSSR count). The number of carboxylic acids is 1. The molecule has 136 valence electrons. The van der Waals surface area contributed by atoms with E-state index in [9.17, 15) is 14.4 Å². The van der Waals surface area contributed by atoms with Gasteiger partial charge in [-0.1, -0.05) is 13.8 Å². The molecule has 7 nitrogen and oxygen atoms in total. The number of aliphatic carboxylic acids is 1. The van der Waals surface area contributed by atoms with Crippen LogP contribution in [-0.4, -0.2) is 70.4 Å². The third kappa shape index (κ3) is 4.06. The normalized spacial score (nSPS) is 27.3. The Hall–Kier alpha value is -1.63. The van der Waals surface area contributed by atoms with Gasteiger partial charge in [-0.2, -0.15) is 0 Å². The van der Waals surface area contributed by atoms with E-state index in [1.165, 1.54) is 0 Å². The van der Waals surface area contributed by atoms with E-state index in [2.05, 4.69) is 19.2 Å². The molecule has 0 aromatic heterocycles. The van der Waals surface area contributed by atoms with Gasteiger partial charge in [0, 0.05) is 37.6 Å². The minimum absolute atomic E-state index is 0.0256. The summed E-state index contributed by atoms with van der Waals surface area (Å²) < 4.78 is 0. The molecule has 2 aliphatic rings. The Bertz CT molecular complexity index is 506. The van der Waals surface area contributed by atoms with Crippen molar-refractivity contribution in [3.63, 3.8) is 0 Å². The number of rotatable bonds is 7. The van der Waals surface area contributed by atoms with Crippen LogP contribution in [0.5, 0.6) is 0 Å². The van der Waals surface area contributed by atoms with Crippen LogP contribution in [0, 0.1) is 5.92 Å². The van der Waals surface area contributed by atoms with E-state index in [1.807, 2.05) is 11.8 Å². The molecule has 2 aliphatic heterocycles. The Labute approximate surface area is 143 Å². The van der Waals surface area contributed by atoms with Crippen molar-refractivity contribution < 1.29 is 19.5 Å². The van der Waals surface area contributed by atoms with Gasteiger partial charge in [-0.15, -0.1) is 0 Å². The van der Waals surface area contributed by atoms with Crippen LogP contribution in [0.2, 0.25) is 0 Å². The Morgan fingerprint density at radius 3 is 2.62 bits per heavy atom. The van der Waals surface area contributed by atoms with Crippen molar-refractivity contribution in [1.82, 2.24) is 15.1 Å². The summed E-state index contributed by atoms with van der Waals surface area (Å²) in [4.78, 5) is 39.4. The number of hydrogen-bond acceptors (Lipinski definition) is 4. The molecule has 0 aromatic rings. The highest BCUT2D eigenvalue weighted by Crippen LogP contribution is 2.28. The number of carbonyl (C=O) groups is 3. The Kier molecular flexibility index (Phi) is 5.85. The molecular formula is C17H29N3O4. The highest BCUT2D eigenvalue weighted by molar-refractivity contribution is 5.89. The van der Waals surface area contributed by atoms with E-state index in [1.54, 1.807) is 4.90 Å².